The number of hydrogen-bond acceptors (Lipinski definition) is 12. The molecular weight excluding hydrogens is 875 g/mol. The number of thioether (sulfide) groups is 1. The first-order valence-corrected chi connectivity index (χ1v) is 22.5. The number of nitrogens with two attached hydrogens (primary N) is 1. The first-order valence-electron chi connectivity index (χ1n) is 21.5. The van der Waals surface area contributed by atoms with E-state index < -0.39 is 12.0 Å². The number of nitrogens with zero attached hydrogens (tertiary/aromatic N) is 6. The van der Waals surface area contributed by atoms with E-state index in [9.17, 15) is 9.90 Å². The molecule has 5 heterocycles. The van der Waals surface area contributed by atoms with E-state index in [0.717, 1.165) is 37.6 Å². The third-order valence-electron chi connectivity index (χ3n) is 11.4. The summed E-state index contributed by atoms with van der Waals surface area (Å²) in [6.07, 6.45) is 0. The average Bonchev–Trinajstić information content (AvgIpc) is 4.09. The number of fused-ring (bicyclic) bond motifs is 20. The van der Waals surface area contributed by atoms with Crippen LogP contribution >= 0.6 is 11.8 Å². The van der Waals surface area contributed by atoms with E-state index in [1.807, 2.05) is 164 Å². The van der Waals surface area contributed by atoms with Gasteiger partial charge in [0.05, 0.1) is 0 Å². The van der Waals surface area contributed by atoms with E-state index in [1.54, 1.807) is 0 Å². The topological polar surface area (TPSA) is 200 Å². The first-order chi connectivity index (χ1) is 33.3. The van der Waals surface area contributed by atoms with Crippen LogP contribution in [-0.2, 0) is 4.79 Å². The van der Waals surface area contributed by atoms with Crippen LogP contribution in [0.4, 0.5) is 0 Å². The standard InChI is InChI=1S/C53H35N9O5S/c54-44(53(63)64)28-68-35-19-23-39-43(27-35)52-61-47-38-22-18-34(67-31-14-8-3-9-15-31)26-42(38)50(59-47)57-45-36-20-16-32(65-29-10-4-1-5-11-29)24-40(36)49(55-45)56-46-37-21-17-33(66-30-12-6-2-7-13-30)25-41(37)51(58-46)60-48(39)62-52/h1-27,44H,28,54H2,(H,63,64)(H2,55,56,57,58,59,60,61,62)/t44-/m0/s1. The summed E-state index contributed by atoms with van der Waals surface area (Å²) in [5.41, 5.74) is 10.7. The Bertz CT molecular complexity index is 3750. The smallest absolute Gasteiger partial charge is 0.321 e. The highest BCUT2D eigenvalue weighted by Gasteiger charge is 2.24. The number of ether oxygens (including phenoxy) is 3. The summed E-state index contributed by atoms with van der Waals surface area (Å²) in [4.78, 5) is 50.5. The number of nitrogens with one attached hydrogen (secondary N) is 2. The van der Waals surface area contributed by atoms with E-state index in [-0.39, 0.29) is 5.75 Å². The van der Waals surface area contributed by atoms with Gasteiger partial charge in [-0.15, -0.1) is 11.8 Å². The number of aromatic nitrogens is 8. The number of aromatic amines is 2. The van der Waals surface area contributed by atoms with E-state index in [0.29, 0.717) is 91.5 Å². The zero-order valence-corrected chi connectivity index (χ0v) is 36.4. The van der Waals surface area contributed by atoms with Crippen LogP contribution in [0.2, 0.25) is 0 Å². The molecule has 0 saturated heterocycles. The molecule has 3 aromatic heterocycles. The molecular formula is C53H35N9O5S. The number of carboxylic acids is 1. The van der Waals surface area contributed by atoms with Crippen molar-refractivity contribution < 1.29 is 24.1 Å². The third-order valence-corrected chi connectivity index (χ3v) is 12.5. The fourth-order valence-corrected chi connectivity index (χ4v) is 9.00. The minimum atomic E-state index is -1.07. The lowest BCUT2D eigenvalue weighted by molar-refractivity contribution is -0.137. The van der Waals surface area contributed by atoms with Gasteiger partial charge >= 0.3 is 5.97 Å². The van der Waals surface area contributed by atoms with Crippen LogP contribution in [0.15, 0.2) is 169 Å². The molecule has 8 bridgehead atoms. The van der Waals surface area contributed by atoms with Gasteiger partial charge in [0.25, 0.3) is 0 Å². The second-order valence-electron chi connectivity index (χ2n) is 15.9. The highest BCUT2D eigenvalue weighted by atomic mass is 32.2. The van der Waals surface area contributed by atoms with Crippen molar-refractivity contribution in [2.75, 3.05) is 5.75 Å². The van der Waals surface area contributed by atoms with Crippen LogP contribution in [-0.4, -0.2) is 62.7 Å². The molecule has 2 aliphatic heterocycles. The molecule has 15 heteroatoms. The molecule has 0 fully saturated rings. The van der Waals surface area contributed by atoms with Crippen molar-refractivity contribution in [3.8, 4) is 80.0 Å². The van der Waals surface area contributed by atoms with Gasteiger partial charge in [0.15, 0.2) is 23.3 Å². The molecule has 2 aliphatic rings. The molecule has 5 N–H and O–H groups in total. The van der Waals surface area contributed by atoms with Crippen LogP contribution < -0.4 is 19.9 Å². The van der Waals surface area contributed by atoms with Gasteiger partial charge in [-0.3, -0.25) is 4.79 Å². The molecule has 0 amide bonds. The summed E-state index contributed by atoms with van der Waals surface area (Å²) in [5.74, 6) is 4.55. The predicted molar refractivity (Wildman–Crippen MR) is 262 cm³/mol. The summed E-state index contributed by atoms with van der Waals surface area (Å²) in [7, 11) is 0. The second kappa shape index (κ2) is 16.8. The van der Waals surface area contributed by atoms with Crippen molar-refractivity contribution in [3.05, 3.63) is 164 Å². The number of carboxylic acid groups (broad SMARTS) is 1. The fourth-order valence-electron chi connectivity index (χ4n) is 8.12. The lowest BCUT2D eigenvalue weighted by Gasteiger charge is -2.07. The van der Waals surface area contributed by atoms with Gasteiger partial charge in [-0.05, 0) is 109 Å². The van der Waals surface area contributed by atoms with Crippen molar-refractivity contribution in [2.45, 2.75) is 10.9 Å². The zero-order valence-electron chi connectivity index (χ0n) is 35.6. The maximum atomic E-state index is 11.6. The predicted octanol–water partition coefficient (Wildman–Crippen LogP) is 11.8. The summed E-state index contributed by atoms with van der Waals surface area (Å²) in [6, 6.07) is 50.7. The molecule has 68 heavy (non-hydrogen) atoms. The van der Waals surface area contributed by atoms with Crippen molar-refractivity contribution >= 4 is 61.9 Å². The number of hydrogen-bond donors (Lipinski definition) is 4. The van der Waals surface area contributed by atoms with Crippen LogP contribution in [0, 0.1) is 0 Å². The number of benzene rings is 7. The highest BCUT2D eigenvalue weighted by Crippen LogP contribution is 2.41. The van der Waals surface area contributed by atoms with E-state index >= 15 is 0 Å². The van der Waals surface area contributed by atoms with Crippen LogP contribution in [0.3, 0.4) is 0 Å². The molecule has 0 unspecified atom stereocenters. The van der Waals surface area contributed by atoms with Gasteiger partial charge in [-0.25, -0.2) is 29.9 Å². The Morgan fingerprint density at radius 3 is 1.32 bits per heavy atom. The molecule has 7 aromatic carbocycles. The normalized spacial score (nSPS) is 12.1. The lowest BCUT2D eigenvalue weighted by atomic mass is 10.1. The Balaban J connectivity index is 1.13. The van der Waals surface area contributed by atoms with Gasteiger partial charge in [-0.1, -0.05) is 54.6 Å². The van der Waals surface area contributed by atoms with Crippen LogP contribution in [0.1, 0.15) is 0 Å². The summed E-state index contributed by atoms with van der Waals surface area (Å²) in [6.45, 7) is 0. The van der Waals surface area contributed by atoms with E-state index in [1.165, 1.54) is 11.8 Å². The number of H-pyrrole nitrogens is 2. The fraction of sp³-hybridized carbons (Fsp3) is 0.0377. The number of rotatable bonds is 10. The number of para-hydroxylation sites is 3. The Hall–Kier alpha value is -8.92. The maximum absolute atomic E-state index is 11.6. The molecule has 10 aromatic rings. The van der Waals surface area contributed by atoms with E-state index in [4.69, 9.17) is 49.8 Å². The molecule has 0 aliphatic carbocycles. The average molecular weight is 910 g/mol. The molecule has 12 rings (SSSR count). The number of aliphatic carboxylic acids is 1. The molecule has 0 saturated carbocycles. The van der Waals surface area contributed by atoms with Crippen molar-refractivity contribution in [1.82, 2.24) is 39.9 Å². The number of carbonyl (C=O) groups is 1. The van der Waals surface area contributed by atoms with Crippen molar-refractivity contribution in [1.29, 1.82) is 0 Å². The summed E-state index contributed by atoms with van der Waals surface area (Å²) in [5, 5.41) is 12.5. The molecule has 1 atom stereocenters. The van der Waals surface area contributed by atoms with Gasteiger partial charge in [0, 0.05) is 54.4 Å². The lowest BCUT2D eigenvalue weighted by Crippen LogP contribution is -2.32. The second-order valence-corrected chi connectivity index (χ2v) is 17.0. The SMILES string of the molecule is N[C@@H](CSc1ccc2c(c1)-c1nc-2nc2[nH]c(nc3nc(nc4[nH]c(n1)c1ccc(Oc5ccccc5)cc41)-c1ccc(Oc4ccccc4)cc1-3)c1ccc(Oc3ccccc3)cc21)C(=O)O. The molecule has 328 valence electrons. The van der Waals surface area contributed by atoms with Crippen LogP contribution in [0.25, 0.3) is 89.7 Å². The third kappa shape index (κ3) is 7.76. The Kier molecular flexibility index (Phi) is 10.0. The van der Waals surface area contributed by atoms with Gasteiger partial charge in [-0.2, -0.15) is 0 Å². The minimum Gasteiger partial charge on any atom is -0.480 e. The van der Waals surface area contributed by atoms with E-state index in [2.05, 4.69) is 9.97 Å². The molecule has 0 spiro atoms. The Morgan fingerprint density at radius 1 is 0.456 bits per heavy atom. The van der Waals surface area contributed by atoms with Crippen LogP contribution in [0.5, 0.6) is 34.5 Å². The Labute approximate surface area is 390 Å². The first kappa shape index (κ1) is 40.6. The van der Waals surface area contributed by atoms with Gasteiger partial charge in [0.1, 0.15) is 63.1 Å². The Morgan fingerprint density at radius 2 is 0.853 bits per heavy atom. The largest absolute Gasteiger partial charge is 0.480 e. The quantitative estimate of drug-likeness (QED) is 0.0946. The molecule has 14 nitrogen and oxygen atoms in total. The summed E-state index contributed by atoms with van der Waals surface area (Å²) < 4.78 is 18.9. The highest BCUT2D eigenvalue weighted by molar-refractivity contribution is 7.99. The van der Waals surface area contributed by atoms with Gasteiger partial charge < -0.3 is 35.0 Å². The minimum absolute atomic E-state index is 0.166. The summed E-state index contributed by atoms with van der Waals surface area (Å²) >= 11 is 1.34. The monoisotopic (exact) mass is 909 g/mol. The zero-order chi connectivity index (χ0) is 45.7. The maximum Gasteiger partial charge on any atom is 0.321 e. The van der Waals surface area contributed by atoms with Gasteiger partial charge in [0.2, 0.25) is 0 Å². The van der Waals surface area contributed by atoms with Crippen molar-refractivity contribution in [2.24, 2.45) is 5.73 Å². The van der Waals surface area contributed by atoms with Crippen molar-refractivity contribution in [3.63, 3.8) is 0 Å². The molecule has 0 radical (unpaired) electrons.